The van der Waals surface area contributed by atoms with Crippen molar-refractivity contribution >= 4 is 6.03 Å². The minimum Gasteiger partial charge on any atom is -0.335 e. The van der Waals surface area contributed by atoms with Gasteiger partial charge in [-0.15, -0.1) is 0 Å². The van der Waals surface area contributed by atoms with Crippen LogP contribution >= 0.6 is 0 Å². The number of nitrogens with zero attached hydrogens (tertiary/aromatic N) is 2. The second-order valence-corrected chi connectivity index (χ2v) is 5.69. The lowest BCUT2D eigenvalue weighted by Gasteiger charge is -2.38. The van der Waals surface area contributed by atoms with Gasteiger partial charge in [-0.05, 0) is 25.7 Å². The molecule has 0 radical (unpaired) electrons. The van der Waals surface area contributed by atoms with Crippen molar-refractivity contribution in [1.82, 2.24) is 15.1 Å². The molecule has 1 N–H and O–H groups in total. The Kier molecular flexibility index (Phi) is 3.23. The standard InChI is InChI=1S/C13H23N3O/c17-13(14-11-5-6-11)16-9-7-15(8-10-16)12-3-1-2-4-12/h11-12H,1-10H2,(H,14,17). The van der Waals surface area contributed by atoms with E-state index in [1.165, 1.54) is 38.5 Å². The fourth-order valence-corrected chi connectivity index (χ4v) is 3.05. The van der Waals surface area contributed by atoms with Gasteiger partial charge in [0.1, 0.15) is 0 Å². The van der Waals surface area contributed by atoms with Gasteiger partial charge in [0.25, 0.3) is 0 Å². The highest BCUT2D eigenvalue weighted by Crippen LogP contribution is 2.24. The second-order valence-electron chi connectivity index (χ2n) is 5.69. The predicted octanol–water partition coefficient (Wildman–Crippen LogP) is 1.42. The second kappa shape index (κ2) is 4.84. The van der Waals surface area contributed by atoms with E-state index in [-0.39, 0.29) is 6.03 Å². The van der Waals surface area contributed by atoms with Gasteiger partial charge >= 0.3 is 6.03 Å². The number of hydrogen-bond donors (Lipinski definition) is 1. The summed E-state index contributed by atoms with van der Waals surface area (Å²) in [5.41, 5.74) is 0. The normalized spacial score (nSPS) is 27.4. The topological polar surface area (TPSA) is 35.6 Å². The number of urea groups is 1. The van der Waals surface area contributed by atoms with Crippen molar-refractivity contribution in [3.8, 4) is 0 Å². The van der Waals surface area contributed by atoms with Crippen LogP contribution in [-0.4, -0.2) is 54.1 Å². The summed E-state index contributed by atoms with van der Waals surface area (Å²) in [5.74, 6) is 0. The number of nitrogens with one attached hydrogen (secondary N) is 1. The van der Waals surface area contributed by atoms with Crippen molar-refractivity contribution in [3.05, 3.63) is 0 Å². The molecule has 3 rings (SSSR count). The number of rotatable bonds is 2. The maximum Gasteiger partial charge on any atom is 0.317 e. The summed E-state index contributed by atoms with van der Waals surface area (Å²) in [4.78, 5) is 16.5. The summed E-state index contributed by atoms with van der Waals surface area (Å²) >= 11 is 0. The highest BCUT2D eigenvalue weighted by molar-refractivity contribution is 5.75. The van der Waals surface area contributed by atoms with Crippen LogP contribution in [0.4, 0.5) is 4.79 Å². The molecule has 0 unspecified atom stereocenters. The van der Waals surface area contributed by atoms with Crippen molar-refractivity contribution < 1.29 is 4.79 Å². The molecule has 96 valence electrons. The van der Waals surface area contributed by atoms with Gasteiger partial charge in [0, 0.05) is 38.3 Å². The third-order valence-electron chi connectivity index (χ3n) is 4.35. The molecule has 3 fully saturated rings. The Morgan fingerprint density at radius 2 is 1.59 bits per heavy atom. The van der Waals surface area contributed by atoms with Crippen LogP contribution in [0.25, 0.3) is 0 Å². The molecule has 2 aliphatic carbocycles. The Morgan fingerprint density at radius 3 is 2.18 bits per heavy atom. The van der Waals surface area contributed by atoms with E-state index in [1.54, 1.807) is 0 Å². The average molecular weight is 237 g/mol. The van der Waals surface area contributed by atoms with E-state index in [0.29, 0.717) is 6.04 Å². The summed E-state index contributed by atoms with van der Waals surface area (Å²) in [6.07, 6.45) is 7.88. The Balaban J connectivity index is 1.44. The number of hydrogen-bond acceptors (Lipinski definition) is 2. The van der Waals surface area contributed by atoms with E-state index in [1.807, 2.05) is 4.90 Å². The third kappa shape index (κ3) is 2.73. The van der Waals surface area contributed by atoms with E-state index in [2.05, 4.69) is 10.2 Å². The largest absolute Gasteiger partial charge is 0.335 e. The van der Waals surface area contributed by atoms with Crippen LogP contribution in [0.5, 0.6) is 0 Å². The van der Waals surface area contributed by atoms with Gasteiger partial charge in [-0.25, -0.2) is 4.79 Å². The first-order valence-electron chi connectivity index (χ1n) is 7.12. The smallest absolute Gasteiger partial charge is 0.317 e. The molecule has 17 heavy (non-hydrogen) atoms. The monoisotopic (exact) mass is 237 g/mol. The fourth-order valence-electron chi connectivity index (χ4n) is 3.05. The predicted molar refractivity (Wildman–Crippen MR) is 67.0 cm³/mol. The lowest BCUT2D eigenvalue weighted by atomic mass is 10.2. The van der Waals surface area contributed by atoms with Crippen molar-refractivity contribution in [1.29, 1.82) is 0 Å². The highest BCUT2D eigenvalue weighted by atomic mass is 16.2. The molecule has 0 aromatic heterocycles. The molecule has 0 spiro atoms. The van der Waals surface area contributed by atoms with Gasteiger partial charge in [0.15, 0.2) is 0 Å². The van der Waals surface area contributed by atoms with Gasteiger partial charge in [0.05, 0.1) is 0 Å². The van der Waals surface area contributed by atoms with Gasteiger partial charge in [-0.1, -0.05) is 12.8 Å². The lowest BCUT2D eigenvalue weighted by Crippen LogP contribution is -2.54. The lowest BCUT2D eigenvalue weighted by molar-refractivity contribution is 0.109. The average Bonchev–Trinajstić information content (AvgIpc) is 3.00. The SMILES string of the molecule is O=C(NC1CC1)N1CCN(C2CCCC2)CC1. The Morgan fingerprint density at radius 1 is 0.941 bits per heavy atom. The van der Waals surface area contributed by atoms with E-state index in [0.717, 1.165) is 32.2 Å². The van der Waals surface area contributed by atoms with E-state index < -0.39 is 0 Å². The molecule has 2 saturated carbocycles. The number of piperazine rings is 1. The van der Waals surface area contributed by atoms with Gasteiger partial charge < -0.3 is 10.2 Å². The molecular weight excluding hydrogens is 214 g/mol. The van der Waals surface area contributed by atoms with Gasteiger partial charge in [0.2, 0.25) is 0 Å². The molecule has 1 heterocycles. The third-order valence-corrected chi connectivity index (χ3v) is 4.35. The highest BCUT2D eigenvalue weighted by Gasteiger charge is 2.30. The first-order valence-corrected chi connectivity index (χ1v) is 7.12. The van der Waals surface area contributed by atoms with Gasteiger partial charge in [-0.3, -0.25) is 4.90 Å². The van der Waals surface area contributed by atoms with Crippen LogP contribution in [0.1, 0.15) is 38.5 Å². The molecule has 4 heteroatoms. The first-order chi connectivity index (χ1) is 8.33. The van der Waals surface area contributed by atoms with Crippen molar-refractivity contribution in [2.24, 2.45) is 0 Å². The molecular formula is C13H23N3O. The Hall–Kier alpha value is -0.770. The Bertz CT molecular complexity index is 276. The molecule has 1 aliphatic heterocycles. The molecule has 0 aromatic carbocycles. The maximum absolute atomic E-state index is 11.9. The summed E-state index contributed by atoms with van der Waals surface area (Å²) in [6.45, 7) is 3.97. The summed E-state index contributed by atoms with van der Waals surface area (Å²) in [5, 5.41) is 3.08. The van der Waals surface area contributed by atoms with E-state index in [4.69, 9.17) is 0 Å². The van der Waals surface area contributed by atoms with Crippen LogP contribution in [0, 0.1) is 0 Å². The molecule has 4 nitrogen and oxygen atoms in total. The number of carbonyl (C=O) groups is 1. The summed E-state index contributed by atoms with van der Waals surface area (Å²) in [7, 11) is 0. The minimum atomic E-state index is 0.165. The van der Waals surface area contributed by atoms with Crippen LogP contribution < -0.4 is 5.32 Å². The molecule has 1 saturated heterocycles. The zero-order valence-corrected chi connectivity index (χ0v) is 10.5. The van der Waals surface area contributed by atoms with Crippen LogP contribution in [-0.2, 0) is 0 Å². The zero-order chi connectivity index (χ0) is 11.7. The van der Waals surface area contributed by atoms with Crippen LogP contribution in [0.3, 0.4) is 0 Å². The van der Waals surface area contributed by atoms with Crippen molar-refractivity contribution in [2.45, 2.75) is 50.6 Å². The molecule has 0 bridgehead atoms. The molecule has 0 atom stereocenters. The van der Waals surface area contributed by atoms with Gasteiger partial charge in [-0.2, -0.15) is 0 Å². The van der Waals surface area contributed by atoms with E-state index >= 15 is 0 Å². The summed E-state index contributed by atoms with van der Waals surface area (Å²) in [6, 6.07) is 1.46. The van der Waals surface area contributed by atoms with Crippen LogP contribution in [0.15, 0.2) is 0 Å². The minimum absolute atomic E-state index is 0.165. The van der Waals surface area contributed by atoms with Crippen LogP contribution in [0.2, 0.25) is 0 Å². The van der Waals surface area contributed by atoms with Crippen molar-refractivity contribution in [3.63, 3.8) is 0 Å². The Labute approximate surface area is 103 Å². The van der Waals surface area contributed by atoms with Crippen molar-refractivity contribution in [2.75, 3.05) is 26.2 Å². The van der Waals surface area contributed by atoms with E-state index in [9.17, 15) is 4.79 Å². The molecule has 0 aromatic rings. The number of carbonyl (C=O) groups excluding carboxylic acids is 1. The maximum atomic E-state index is 11.9. The summed E-state index contributed by atoms with van der Waals surface area (Å²) < 4.78 is 0. The zero-order valence-electron chi connectivity index (χ0n) is 10.5. The molecule has 2 amide bonds. The fraction of sp³-hybridized carbons (Fsp3) is 0.923. The number of amides is 2. The molecule has 3 aliphatic rings. The first kappa shape index (κ1) is 11.3. The quantitative estimate of drug-likeness (QED) is 0.788.